The molecule has 0 atom stereocenters. The second-order valence-electron chi connectivity index (χ2n) is 1.10. The van der Waals surface area contributed by atoms with Crippen LogP contribution in [0, 0.1) is 5.41 Å². The van der Waals surface area contributed by atoms with E-state index in [-0.39, 0.29) is 0 Å². The standard InChI is InChI=1S/C6H9N/c1-2-3-4-5-6-7/h2-4,6-7H,1,5H2. The summed E-state index contributed by atoms with van der Waals surface area (Å²) in [5.74, 6) is 0. The van der Waals surface area contributed by atoms with Crippen LogP contribution in [0.4, 0.5) is 0 Å². The zero-order valence-corrected chi connectivity index (χ0v) is 4.22. The van der Waals surface area contributed by atoms with E-state index in [1.54, 1.807) is 6.08 Å². The summed E-state index contributed by atoms with van der Waals surface area (Å²) in [4.78, 5) is 0. The topological polar surface area (TPSA) is 23.9 Å². The van der Waals surface area contributed by atoms with Gasteiger partial charge in [-0.1, -0.05) is 24.8 Å². The number of allylic oxidation sites excluding steroid dienone is 3. The van der Waals surface area contributed by atoms with E-state index in [9.17, 15) is 0 Å². The maximum atomic E-state index is 6.57. The second kappa shape index (κ2) is 5.15. The van der Waals surface area contributed by atoms with Gasteiger partial charge in [-0.2, -0.15) is 0 Å². The second-order valence-corrected chi connectivity index (χ2v) is 1.10. The van der Waals surface area contributed by atoms with E-state index in [0.717, 1.165) is 0 Å². The summed E-state index contributed by atoms with van der Waals surface area (Å²) in [6.45, 7) is 3.47. The SMILES string of the molecule is C=CC=CCC=N. The first-order valence-electron chi connectivity index (χ1n) is 2.18. The van der Waals surface area contributed by atoms with Gasteiger partial charge in [0.05, 0.1) is 0 Å². The van der Waals surface area contributed by atoms with Crippen LogP contribution in [0.15, 0.2) is 24.8 Å². The number of rotatable bonds is 3. The molecule has 0 aromatic heterocycles. The quantitative estimate of drug-likeness (QED) is 0.408. The van der Waals surface area contributed by atoms with Crippen molar-refractivity contribution in [2.75, 3.05) is 0 Å². The Kier molecular flexibility index (Phi) is 4.52. The van der Waals surface area contributed by atoms with Crippen LogP contribution in [0.3, 0.4) is 0 Å². The maximum Gasteiger partial charge on any atom is 0.000294 e. The molecule has 0 aliphatic carbocycles. The lowest BCUT2D eigenvalue weighted by Crippen LogP contribution is -1.60. The van der Waals surface area contributed by atoms with Crippen LogP contribution in [0.25, 0.3) is 0 Å². The maximum absolute atomic E-state index is 6.57. The van der Waals surface area contributed by atoms with Gasteiger partial charge in [-0.05, 0) is 6.21 Å². The predicted octanol–water partition coefficient (Wildman–Crippen LogP) is 1.77. The van der Waals surface area contributed by atoms with Crippen LogP contribution in [0.5, 0.6) is 0 Å². The summed E-state index contributed by atoms with van der Waals surface area (Å²) in [6.07, 6.45) is 7.46. The molecule has 1 nitrogen and oxygen atoms in total. The highest BCUT2D eigenvalue weighted by Crippen LogP contribution is 1.75. The van der Waals surface area contributed by atoms with Gasteiger partial charge in [0.2, 0.25) is 0 Å². The van der Waals surface area contributed by atoms with Gasteiger partial charge >= 0.3 is 0 Å². The molecule has 0 saturated carbocycles. The monoisotopic (exact) mass is 95.1 g/mol. The van der Waals surface area contributed by atoms with Crippen molar-refractivity contribution in [3.63, 3.8) is 0 Å². The largest absolute Gasteiger partial charge is 0.313 e. The van der Waals surface area contributed by atoms with Crippen LogP contribution in [0.1, 0.15) is 6.42 Å². The Morgan fingerprint density at radius 2 is 2.29 bits per heavy atom. The Balaban J connectivity index is 3.08. The van der Waals surface area contributed by atoms with E-state index < -0.39 is 0 Å². The lowest BCUT2D eigenvalue weighted by Gasteiger charge is -1.70. The van der Waals surface area contributed by atoms with Gasteiger partial charge in [0.25, 0.3) is 0 Å². The lowest BCUT2D eigenvalue weighted by atomic mass is 10.4. The third-order valence-electron chi connectivity index (χ3n) is 0.526. The van der Waals surface area contributed by atoms with Crippen molar-refractivity contribution in [3.05, 3.63) is 24.8 Å². The molecular weight excluding hydrogens is 86.1 g/mol. The average Bonchev–Trinajstić information content (AvgIpc) is 1.69. The Morgan fingerprint density at radius 1 is 1.57 bits per heavy atom. The molecule has 0 rings (SSSR count). The van der Waals surface area contributed by atoms with Crippen molar-refractivity contribution in [1.82, 2.24) is 0 Å². The highest BCUT2D eigenvalue weighted by Gasteiger charge is 1.61. The summed E-state index contributed by atoms with van der Waals surface area (Å²) in [7, 11) is 0. The Hall–Kier alpha value is -0.850. The van der Waals surface area contributed by atoms with E-state index in [2.05, 4.69) is 6.58 Å². The average molecular weight is 95.1 g/mol. The minimum atomic E-state index is 0.714. The van der Waals surface area contributed by atoms with Crippen LogP contribution in [-0.2, 0) is 0 Å². The van der Waals surface area contributed by atoms with Crippen LogP contribution in [0.2, 0.25) is 0 Å². The number of hydrogen-bond donors (Lipinski definition) is 1. The minimum absolute atomic E-state index is 0.714. The Bertz CT molecular complexity index is 82.2. The Labute approximate surface area is 43.9 Å². The fraction of sp³-hybridized carbons (Fsp3) is 0.167. The first-order chi connectivity index (χ1) is 3.41. The molecule has 0 fully saturated rings. The molecular formula is C6H9N. The molecule has 0 aromatic rings. The molecule has 0 aromatic carbocycles. The van der Waals surface area contributed by atoms with Gasteiger partial charge in [-0.25, -0.2) is 0 Å². The van der Waals surface area contributed by atoms with E-state index >= 15 is 0 Å². The van der Waals surface area contributed by atoms with Crippen molar-refractivity contribution in [3.8, 4) is 0 Å². The van der Waals surface area contributed by atoms with E-state index in [4.69, 9.17) is 5.41 Å². The van der Waals surface area contributed by atoms with Gasteiger partial charge in [-0.15, -0.1) is 0 Å². The third kappa shape index (κ3) is 5.15. The molecule has 1 N–H and O–H groups in total. The smallest absolute Gasteiger partial charge is 0.000294 e. The third-order valence-corrected chi connectivity index (χ3v) is 0.526. The fourth-order valence-electron chi connectivity index (χ4n) is 0.243. The highest BCUT2D eigenvalue weighted by molar-refractivity contribution is 5.55. The van der Waals surface area contributed by atoms with Crippen molar-refractivity contribution in [2.24, 2.45) is 0 Å². The normalized spacial score (nSPS) is 9.14. The predicted molar refractivity (Wildman–Crippen MR) is 32.7 cm³/mol. The molecule has 0 aliphatic heterocycles. The number of hydrogen-bond acceptors (Lipinski definition) is 1. The molecule has 0 spiro atoms. The van der Waals surface area contributed by atoms with Gasteiger partial charge in [0.1, 0.15) is 0 Å². The van der Waals surface area contributed by atoms with E-state index in [1.807, 2.05) is 12.2 Å². The molecule has 0 aliphatic rings. The van der Waals surface area contributed by atoms with Gasteiger partial charge in [0, 0.05) is 6.42 Å². The van der Waals surface area contributed by atoms with Crippen LogP contribution < -0.4 is 0 Å². The van der Waals surface area contributed by atoms with Gasteiger partial charge in [-0.3, -0.25) is 0 Å². The summed E-state index contributed by atoms with van der Waals surface area (Å²) in [5.41, 5.74) is 0. The van der Waals surface area contributed by atoms with E-state index in [0.29, 0.717) is 6.42 Å². The lowest BCUT2D eigenvalue weighted by molar-refractivity contribution is 1.44. The van der Waals surface area contributed by atoms with Gasteiger partial charge < -0.3 is 5.41 Å². The summed E-state index contributed by atoms with van der Waals surface area (Å²) < 4.78 is 0. The number of nitrogens with one attached hydrogen (secondary N) is 1. The van der Waals surface area contributed by atoms with E-state index in [1.165, 1.54) is 6.21 Å². The molecule has 38 valence electrons. The molecule has 0 bridgehead atoms. The molecule has 0 radical (unpaired) electrons. The molecule has 0 saturated heterocycles. The molecule has 1 heteroatoms. The molecule has 7 heavy (non-hydrogen) atoms. The Morgan fingerprint density at radius 3 is 2.71 bits per heavy atom. The highest BCUT2D eigenvalue weighted by atomic mass is 14.3. The van der Waals surface area contributed by atoms with Crippen molar-refractivity contribution in [2.45, 2.75) is 6.42 Å². The fourth-order valence-corrected chi connectivity index (χ4v) is 0.243. The zero-order valence-electron chi connectivity index (χ0n) is 4.22. The van der Waals surface area contributed by atoms with Crippen molar-refractivity contribution in [1.29, 1.82) is 5.41 Å². The van der Waals surface area contributed by atoms with Crippen LogP contribution in [-0.4, -0.2) is 6.21 Å². The van der Waals surface area contributed by atoms with Crippen molar-refractivity contribution >= 4 is 6.21 Å². The molecule has 0 unspecified atom stereocenters. The first-order valence-corrected chi connectivity index (χ1v) is 2.18. The van der Waals surface area contributed by atoms with Gasteiger partial charge in [0.15, 0.2) is 0 Å². The van der Waals surface area contributed by atoms with Crippen molar-refractivity contribution < 1.29 is 0 Å². The molecule has 0 amide bonds. The summed E-state index contributed by atoms with van der Waals surface area (Å²) >= 11 is 0. The molecule has 0 heterocycles. The first kappa shape index (κ1) is 6.15. The van der Waals surface area contributed by atoms with Crippen LogP contribution >= 0.6 is 0 Å². The summed E-state index contributed by atoms with van der Waals surface area (Å²) in [5, 5.41) is 6.57. The summed E-state index contributed by atoms with van der Waals surface area (Å²) in [6, 6.07) is 0. The zero-order chi connectivity index (χ0) is 5.54. The minimum Gasteiger partial charge on any atom is -0.313 e.